The largest absolute Gasteiger partial charge is 0.328 e. The molecule has 0 saturated heterocycles. The second-order valence-electron chi connectivity index (χ2n) is 3.58. The highest BCUT2D eigenvalue weighted by molar-refractivity contribution is 9.10. The number of aromatic amines is 1. The lowest BCUT2D eigenvalue weighted by atomic mass is 10.2. The third kappa shape index (κ3) is 1.82. The molecule has 1 heterocycles. The number of nitrogens with zero attached hydrogens (tertiary/aromatic N) is 1. The van der Waals surface area contributed by atoms with Gasteiger partial charge in [0, 0.05) is 11.0 Å². The smallest absolute Gasteiger partial charge is 0.307 e. The molecule has 0 amide bonds. The summed E-state index contributed by atoms with van der Waals surface area (Å²) in [7, 11) is 0. The highest BCUT2D eigenvalue weighted by Gasteiger charge is 2.06. The van der Waals surface area contributed by atoms with Crippen molar-refractivity contribution in [2.75, 3.05) is 0 Å². The Hall–Kier alpha value is -1.36. The molecule has 2 aromatic rings. The Morgan fingerprint density at radius 1 is 1.38 bits per heavy atom. The van der Waals surface area contributed by atoms with Gasteiger partial charge in [0.1, 0.15) is 0 Å². The molecule has 0 bridgehead atoms. The third-order valence-electron chi connectivity index (χ3n) is 2.39. The molecule has 1 aromatic carbocycles. The van der Waals surface area contributed by atoms with Gasteiger partial charge in [-0.1, -0.05) is 22.9 Å². The zero-order chi connectivity index (χ0) is 11.7. The zero-order valence-corrected chi connectivity index (χ0v) is 10.4. The van der Waals surface area contributed by atoms with Crippen molar-refractivity contribution >= 4 is 26.8 Å². The van der Waals surface area contributed by atoms with Gasteiger partial charge in [-0.15, -0.1) is 0 Å². The summed E-state index contributed by atoms with van der Waals surface area (Å²) in [4.78, 5) is 26.3. The summed E-state index contributed by atoms with van der Waals surface area (Å²) in [5, 5.41) is 0.538. The van der Waals surface area contributed by atoms with E-state index in [9.17, 15) is 9.59 Å². The van der Waals surface area contributed by atoms with Gasteiger partial charge in [-0.2, -0.15) is 0 Å². The number of hydrogen-bond acceptors (Lipinski definition) is 2. The van der Waals surface area contributed by atoms with Crippen LogP contribution in [0, 0.1) is 0 Å². The summed E-state index contributed by atoms with van der Waals surface area (Å²) < 4.78 is 2.07. The first-order chi connectivity index (χ1) is 7.63. The summed E-state index contributed by atoms with van der Waals surface area (Å²) in [5.74, 6) is 0. The second kappa shape index (κ2) is 4.25. The van der Waals surface area contributed by atoms with Crippen molar-refractivity contribution < 1.29 is 0 Å². The molecular formula is C11H11BrN2O2. The molecule has 0 fully saturated rings. The average molecular weight is 283 g/mol. The van der Waals surface area contributed by atoms with Crippen molar-refractivity contribution in [3.8, 4) is 0 Å². The molecule has 0 aliphatic rings. The van der Waals surface area contributed by atoms with E-state index in [4.69, 9.17) is 0 Å². The first-order valence-corrected chi connectivity index (χ1v) is 5.85. The van der Waals surface area contributed by atoms with Crippen LogP contribution in [0.4, 0.5) is 0 Å². The van der Waals surface area contributed by atoms with Crippen LogP contribution in [-0.4, -0.2) is 9.55 Å². The predicted octanol–water partition coefficient (Wildman–Crippen LogP) is 1.86. The number of nitrogens with one attached hydrogen (secondary N) is 1. The highest BCUT2D eigenvalue weighted by Crippen LogP contribution is 2.14. The molecule has 0 spiro atoms. The standard InChI is InChI=1S/C11H11BrN2O2/c1-2-5-14-10(15)8-4-3-7(12)6-9(8)13-11(14)16/h3-4,6H,2,5H2,1H3,(H,13,16). The van der Waals surface area contributed by atoms with Gasteiger partial charge in [-0.3, -0.25) is 9.36 Å². The van der Waals surface area contributed by atoms with E-state index in [1.54, 1.807) is 18.2 Å². The maximum atomic E-state index is 12.0. The van der Waals surface area contributed by atoms with Crippen molar-refractivity contribution in [1.82, 2.24) is 9.55 Å². The molecule has 1 aromatic heterocycles. The Kier molecular flexibility index (Phi) is 2.96. The molecule has 16 heavy (non-hydrogen) atoms. The fourth-order valence-electron chi connectivity index (χ4n) is 1.65. The summed E-state index contributed by atoms with van der Waals surface area (Å²) >= 11 is 3.30. The molecule has 0 unspecified atom stereocenters. The van der Waals surface area contributed by atoms with Gasteiger partial charge >= 0.3 is 5.69 Å². The van der Waals surface area contributed by atoms with Gasteiger partial charge in [0.15, 0.2) is 0 Å². The van der Waals surface area contributed by atoms with E-state index in [0.717, 1.165) is 10.9 Å². The second-order valence-corrected chi connectivity index (χ2v) is 4.49. The molecule has 0 aliphatic carbocycles. The van der Waals surface area contributed by atoms with E-state index < -0.39 is 0 Å². The molecule has 0 atom stereocenters. The maximum Gasteiger partial charge on any atom is 0.328 e. The van der Waals surface area contributed by atoms with Gasteiger partial charge in [0.2, 0.25) is 0 Å². The van der Waals surface area contributed by atoms with Crippen molar-refractivity contribution in [3.05, 3.63) is 43.5 Å². The lowest BCUT2D eigenvalue weighted by Crippen LogP contribution is -2.34. The van der Waals surface area contributed by atoms with Crippen LogP contribution in [0.15, 0.2) is 32.3 Å². The van der Waals surface area contributed by atoms with E-state index in [0.29, 0.717) is 17.4 Å². The van der Waals surface area contributed by atoms with Gasteiger partial charge in [0.25, 0.3) is 5.56 Å². The van der Waals surface area contributed by atoms with E-state index in [-0.39, 0.29) is 11.2 Å². The van der Waals surface area contributed by atoms with Gasteiger partial charge in [0.05, 0.1) is 10.9 Å². The van der Waals surface area contributed by atoms with Crippen LogP contribution in [0.1, 0.15) is 13.3 Å². The van der Waals surface area contributed by atoms with Crippen LogP contribution in [0.25, 0.3) is 10.9 Å². The summed E-state index contributed by atoms with van der Waals surface area (Å²) in [6, 6.07) is 5.23. The predicted molar refractivity (Wildman–Crippen MR) is 66.8 cm³/mol. The summed E-state index contributed by atoms with van der Waals surface area (Å²) in [6.07, 6.45) is 0.755. The molecule has 0 aliphatic heterocycles. The summed E-state index contributed by atoms with van der Waals surface area (Å²) in [5.41, 5.74) is -0.0118. The minimum Gasteiger partial charge on any atom is -0.307 e. The maximum absolute atomic E-state index is 12.0. The molecule has 1 N–H and O–H groups in total. The quantitative estimate of drug-likeness (QED) is 0.914. The molecule has 0 saturated carbocycles. The molecule has 5 heteroatoms. The third-order valence-corrected chi connectivity index (χ3v) is 2.88. The van der Waals surface area contributed by atoms with Crippen molar-refractivity contribution in [2.24, 2.45) is 0 Å². The van der Waals surface area contributed by atoms with Crippen LogP contribution in [0.3, 0.4) is 0 Å². The number of rotatable bonds is 2. The van der Waals surface area contributed by atoms with Gasteiger partial charge in [-0.05, 0) is 24.6 Å². The lowest BCUT2D eigenvalue weighted by Gasteiger charge is -2.04. The van der Waals surface area contributed by atoms with Crippen LogP contribution >= 0.6 is 15.9 Å². The molecule has 84 valence electrons. The number of halogens is 1. The number of aromatic nitrogens is 2. The number of benzene rings is 1. The van der Waals surface area contributed by atoms with Gasteiger partial charge < -0.3 is 4.98 Å². The Labute approximate surface area is 100 Å². The van der Waals surface area contributed by atoms with Crippen LogP contribution in [-0.2, 0) is 6.54 Å². The topological polar surface area (TPSA) is 54.9 Å². The van der Waals surface area contributed by atoms with Crippen LogP contribution < -0.4 is 11.2 Å². The Morgan fingerprint density at radius 3 is 2.81 bits per heavy atom. The molecular weight excluding hydrogens is 272 g/mol. The van der Waals surface area contributed by atoms with Crippen LogP contribution in [0.5, 0.6) is 0 Å². The normalized spacial score (nSPS) is 10.9. The minimum absolute atomic E-state index is 0.229. The van der Waals surface area contributed by atoms with Crippen molar-refractivity contribution in [2.45, 2.75) is 19.9 Å². The van der Waals surface area contributed by atoms with E-state index in [1.807, 2.05) is 6.92 Å². The van der Waals surface area contributed by atoms with Gasteiger partial charge in [-0.25, -0.2) is 4.79 Å². The highest BCUT2D eigenvalue weighted by atomic mass is 79.9. The Bertz CT molecular complexity index is 642. The molecule has 0 radical (unpaired) electrons. The van der Waals surface area contributed by atoms with Crippen LogP contribution in [0.2, 0.25) is 0 Å². The fraction of sp³-hybridized carbons (Fsp3) is 0.273. The number of fused-ring (bicyclic) bond motifs is 1. The van der Waals surface area contributed by atoms with Crippen molar-refractivity contribution in [3.63, 3.8) is 0 Å². The first-order valence-electron chi connectivity index (χ1n) is 5.06. The lowest BCUT2D eigenvalue weighted by molar-refractivity contribution is 0.623. The van der Waals surface area contributed by atoms with E-state index in [2.05, 4.69) is 20.9 Å². The van der Waals surface area contributed by atoms with Crippen molar-refractivity contribution in [1.29, 1.82) is 0 Å². The molecule has 4 nitrogen and oxygen atoms in total. The average Bonchev–Trinajstić information content (AvgIpc) is 2.23. The first kappa shape index (κ1) is 11.1. The monoisotopic (exact) mass is 282 g/mol. The zero-order valence-electron chi connectivity index (χ0n) is 8.79. The Balaban J connectivity index is 2.84. The number of H-pyrrole nitrogens is 1. The van der Waals surface area contributed by atoms with E-state index >= 15 is 0 Å². The fourth-order valence-corrected chi connectivity index (χ4v) is 2.01. The minimum atomic E-state index is -0.350. The summed E-state index contributed by atoms with van der Waals surface area (Å²) in [6.45, 7) is 2.37. The SMILES string of the molecule is CCCn1c(=O)[nH]c2cc(Br)ccc2c1=O. The van der Waals surface area contributed by atoms with E-state index in [1.165, 1.54) is 4.57 Å². The number of hydrogen-bond donors (Lipinski definition) is 1. The Morgan fingerprint density at radius 2 is 2.12 bits per heavy atom. The molecule has 2 rings (SSSR count).